The van der Waals surface area contributed by atoms with Gasteiger partial charge in [-0.05, 0) is 30.7 Å². The molecule has 1 fully saturated rings. The van der Waals surface area contributed by atoms with Crippen LogP contribution in [0, 0.1) is 0 Å². The van der Waals surface area contributed by atoms with E-state index in [0.717, 1.165) is 25.5 Å². The van der Waals surface area contributed by atoms with E-state index in [9.17, 15) is 13.2 Å². The van der Waals surface area contributed by atoms with E-state index in [-0.39, 0.29) is 23.6 Å². The van der Waals surface area contributed by atoms with Crippen LogP contribution in [0.4, 0.5) is 10.8 Å². The molecule has 1 N–H and O–H groups in total. The van der Waals surface area contributed by atoms with Crippen molar-refractivity contribution in [2.75, 3.05) is 24.7 Å². The van der Waals surface area contributed by atoms with Crippen molar-refractivity contribution in [3.8, 4) is 0 Å². The number of urea groups is 1. The van der Waals surface area contributed by atoms with Crippen molar-refractivity contribution >= 4 is 21.9 Å². The van der Waals surface area contributed by atoms with Gasteiger partial charge in [-0.1, -0.05) is 35.5 Å². The molecule has 1 aromatic heterocycles. The van der Waals surface area contributed by atoms with Crippen LogP contribution in [-0.4, -0.2) is 48.8 Å². The molecule has 1 unspecified atom stereocenters. The van der Waals surface area contributed by atoms with Gasteiger partial charge >= 0.3 is 12.0 Å². The summed E-state index contributed by atoms with van der Waals surface area (Å²) in [4.78, 5) is 18.1. The van der Waals surface area contributed by atoms with Crippen molar-refractivity contribution in [1.29, 1.82) is 0 Å². The number of aromatic nitrogens is 2. The number of carbonyl (C=O) groups is 1. The Labute approximate surface area is 152 Å². The molecule has 1 aliphatic heterocycles. The van der Waals surface area contributed by atoms with E-state index >= 15 is 0 Å². The molecule has 0 radical (unpaired) electrons. The number of likely N-dealkylation sites (tertiary alicyclic amines) is 1. The second kappa shape index (κ2) is 7.86. The van der Waals surface area contributed by atoms with Gasteiger partial charge in [0.1, 0.15) is 5.75 Å². The van der Waals surface area contributed by atoms with Crippen LogP contribution >= 0.6 is 0 Å². The van der Waals surface area contributed by atoms with Crippen molar-refractivity contribution in [1.82, 2.24) is 15.0 Å². The van der Waals surface area contributed by atoms with E-state index in [4.69, 9.17) is 4.52 Å². The van der Waals surface area contributed by atoms with Gasteiger partial charge in [-0.3, -0.25) is 5.32 Å². The zero-order valence-electron chi connectivity index (χ0n) is 14.6. The molecule has 0 bridgehead atoms. The van der Waals surface area contributed by atoms with Crippen LogP contribution < -0.4 is 5.32 Å². The van der Waals surface area contributed by atoms with Gasteiger partial charge in [-0.2, -0.15) is 4.98 Å². The average molecular weight is 378 g/mol. The first-order valence-corrected chi connectivity index (χ1v) is 10.6. The monoisotopic (exact) mass is 378 g/mol. The molecule has 0 spiro atoms. The number of anilines is 1. The Morgan fingerprint density at radius 1 is 1.27 bits per heavy atom. The molecule has 0 saturated carbocycles. The Morgan fingerprint density at radius 2 is 2.04 bits per heavy atom. The van der Waals surface area contributed by atoms with Gasteiger partial charge in [0.25, 0.3) is 0 Å². The topological polar surface area (TPSA) is 105 Å². The molecule has 140 valence electrons. The Kier molecular flexibility index (Phi) is 5.55. The third-order valence-electron chi connectivity index (χ3n) is 4.36. The average Bonchev–Trinajstić information content (AvgIpc) is 2.87. The highest BCUT2D eigenvalue weighted by molar-refractivity contribution is 7.89. The van der Waals surface area contributed by atoms with Crippen LogP contribution in [0.1, 0.15) is 36.6 Å². The maximum Gasteiger partial charge on any atom is 0.329 e. The van der Waals surface area contributed by atoms with Crippen molar-refractivity contribution in [3.63, 3.8) is 0 Å². The standard InChI is InChI=1S/C17H22N4O4S/c1-26(23,24)12-15-18-16(25-20-15)19-17(22)21-10-5-8-14(9-11-21)13-6-3-2-4-7-13/h2-4,6-7,14H,5,8-12H2,1H3,(H,18,19,20,22). The molecule has 3 rings (SSSR count). The Morgan fingerprint density at radius 3 is 2.77 bits per heavy atom. The van der Waals surface area contributed by atoms with Crippen LogP contribution in [-0.2, 0) is 15.6 Å². The summed E-state index contributed by atoms with van der Waals surface area (Å²) in [6.07, 6.45) is 3.92. The number of nitrogens with zero attached hydrogens (tertiary/aromatic N) is 3. The molecule has 26 heavy (non-hydrogen) atoms. The normalized spacial score (nSPS) is 18.3. The number of rotatable bonds is 4. The van der Waals surface area contributed by atoms with E-state index < -0.39 is 9.84 Å². The first kappa shape index (κ1) is 18.4. The fourth-order valence-electron chi connectivity index (χ4n) is 3.13. The lowest BCUT2D eigenvalue weighted by Crippen LogP contribution is -2.35. The minimum absolute atomic E-state index is 0.0304. The van der Waals surface area contributed by atoms with Crippen LogP contribution in [0.2, 0.25) is 0 Å². The molecule has 2 heterocycles. The third-order valence-corrected chi connectivity index (χ3v) is 5.14. The number of benzene rings is 1. The zero-order valence-corrected chi connectivity index (χ0v) is 15.4. The van der Waals surface area contributed by atoms with Crippen molar-refractivity contribution in [3.05, 3.63) is 41.7 Å². The smallest absolute Gasteiger partial charge is 0.324 e. The Bertz CT molecular complexity index is 851. The van der Waals surface area contributed by atoms with E-state index in [1.807, 2.05) is 18.2 Å². The largest absolute Gasteiger partial charge is 0.329 e. The van der Waals surface area contributed by atoms with E-state index in [1.165, 1.54) is 5.56 Å². The number of hydrogen-bond donors (Lipinski definition) is 1. The number of nitrogens with one attached hydrogen (secondary N) is 1. The van der Waals surface area contributed by atoms with Crippen LogP contribution in [0.5, 0.6) is 0 Å². The molecule has 9 heteroatoms. The van der Waals surface area contributed by atoms with Gasteiger partial charge in [0, 0.05) is 19.3 Å². The second-order valence-corrected chi connectivity index (χ2v) is 8.68. The predicted molar refractivity (Wildman–Crippen MR) is 96.5 cm³/mol. The number of hydrogen-bond acceptors (Lipinski definition) is 6. The Hall–Kier alpha value is -2.42. The summed E-state index contributed by atoms with van der Waals surface area (Å²) in [6, 6.07) is 9.93. The fraction of sp³-hybridized carbons (Fsp3) is 0.471. The summed E-state index contributed by atoms with van der Waals surface area (Å²) in [5.74, 6) is 0.149. The predicted octanol–water partition coefficient (Wildman–Crippen LogP) is 2.42. The van der Waals surface area contributed by atoms with Gasteiger partial charge < -0.3 is 9.42 Å². The Balaban J connectivity index is 1.57. The molecule has 1 aromatic carbocycles. The van der Waals surface area contributed by atoms with Crippen LogP contribution in [0.25, 0.3) is 0 Å². The lowest BCUT2D eigenvalue weighted by atomic mass is 9.92. The summed E-state index contributed by atoms with van der Waals surface area (Å²) in [5.41, 5.74) is 1.30. The van der Waals surface area contributed by atoms with Crippen LogP contribution in [0.3, 0.4) is 0 Å². The molecule has 8 nitrogen and oxygen atoms in total. The minimum atomic E-state index is -3.26. The van der Waals surface area contributed by atoms with Gasteiger partial charge in [0.05, 0.1) is 0 Å². The molecular formula is C17H22N4O4S. The van der Waals surface area contributed by atoms with Crippen molar-refractivity contribution in [2.24, 2.45) is 0 Å². The van der Waals surface area contributed by atoms with E-state index in [1.54, 1.807) is 4.90 Å². The highest BCUT2D eigenvalue weighted by Gasteiger charge is 2.23. The number of carbonyl (C=O) groups excluding carboxylic acids is 1. The fourth-order valence-corrected chi connectivity index (χ4v) is 3.71. The highest BCUT2D eigenvalue weighted by Crippen LogP contribution is 2.28. The lowest BCUT2D eigenvalue weighted by Gasteiger charge is -2.20. The summed E-state index contributed by atoms with van der Waals surface area (Å²) in [7, 11) is -3.26. The SMILES string of the molecule is CS(=O)(=O)Cc1noc(NC(=O)N2CCCC(c3ccccc3)CC2)n1. The van der Waals surface area contributed by atoms with Gasteiger partial charge in [-0.15, -0.1) is 0 Å². The first-order chi connectivity index (χ1) is 12.4. The lowest BCUT2D eigenvalue weighted by molar-refractivity contribution is 0.212. The zero-order chi connectivity index (χ0) is 18.6. The summed E-state index contributed by atoms with van der Waals surface area (Å²) in [5, 5.41) is 6.12. The molecular weight excluding hydrogens is 356 g/mol. The maximum absolute atomic E-state index is 12.4. The van der Waals surface area contributed by atoms with Crippen LogP contribution in [0.15, 0.2) is 34.9 Å². The van der Waals surface area contributed by atoms with Gasteiger partial charge in [0.2, 0.25) is 0 Å². The molecule has 0 aliphatic carbocycles. The maximum atomic E-state index is 12.4. The molecule has 1 aliphatic rings. The second-order valence-electron chi connectivity index (χ2n) is 6.54. The van der Waals surface area contributed by atoms with Crippen molar-refractivity contribution < 1.29 is 17.7 Å². The highest BCUT2D eigenvalue weighted by atomic mass is 32.2. The third kappa shape index (κ3) is 5.04. The first-order valence-electron chi connectivity index (χ1n) is 8.52. The summed E-state index contributed by atoms with van der Waals surface area (Å²) >= 11 is 0. The molecule has 1 atom stereocenters. The number of amides is 2. The molecule has 2 aromatic rings. The summed E-state index contributed by atoms with van der Waals surface area (Å²) < 4.78 is 27.4. The van der Waals surface area contributed by atoms with E-state index in [0.29, 0.717) is 19.0 Å². The number of sulfone groups is 1. The minimum Gasteiger partial charge on any atom is -0.324 e. The van der Waals surface area contributed by atoms with Crippen molar-refractivity contribution in [2.45, 2.75) is 30.9 Å². The van der Waals surface area contributed by atoms with Gasteiger partial charge in [0.15, 0.2) is 15.7 Å². The summed E-state index contributed by atoms with van der Waals surface area (Å²) in [6.45, 7) is 1.29. The molecule has 1 saturated heterocycles. The van der Waals surface area contributed by atoms with Gasteiger partial charge in [-0.25, -0.2) is 13.2 Å². The molecule has 2 amide bonds. The van der Waals surface area contributed by atoms with E-state index in [2.05, 4.69) is 27.6 Å². The quantitative estimate of drug-likeness (QED) is 0.876.